The third-order valence-electron chi connectivity index (χ3n) is 2.72. The highest BCUT2D eigenvalue weighted by Gasteiger charge is 2.13. The van der Waals surface area contributed by atoms with Crippen molar-refractivity contribution in [3.8, 4) is 0 Å². The van der Waals surface area contributed by atoms with E-state index in [9.17, 15) is 9.18 Å². The molecular weight excluding hydrogens is 317 g/mol. The van der Waals surface area contributed by atoms with Crippen LogP contribution in [0.25, 0.3) is 0 Å². The molecular formula is C13H11ClFN3O2S. The second kappa shape index (κ2) is 6.55. The number of carbonyl (C=O) groups is 1. The Kier molecular flexibility index (Phi) is 4.77. The Balaban J connectivity index is 2.07. The van der Waals surface area contributed by atoms with E-state index in [1.807, 2.05) is 0 Å². The molecule has 2 aromatic rings. The molecule has 0 aliphatic rings. The number of amides is 1. The van der Waals surface area contributed by atoms with Crippen molar-refractivity contribution in [3.63, 3.8) is 0 Å². The lowest BCUT2D eigenvalue weighted by molar-refractivity contribution is 0.0955. The highest BCUT2D eigenvalue weighted by molar-refractivity contribution is 7.12. The number of nitrogens with one attached hydrogen (secondary N) is 1. The van der Waals surface area contributed by atoms with E-state index in [2.05, 4.69) is 10.5 Å². The van der Waals surface area contributed by atoms with Gasteiger partial charge in [-0.15, -0.1) is 11.3 Å². The van der Waals surface area contributed by atoms with E-state index < -0.39 is 5.82 Å². The average molecular weight is 328 g/mol. The molecule has 21 heavy (non-hydrogen) atoms. The normalized spacial score (nSPS) is 11.4. The van der Waals surface area contributed by atoms with Gasteiger partial charge in [0.1, 0.15) is 10.7 Å². The van der Waals surface area contributed by atoms with Gasteiger partial charge in [-0.1, -0.05) is 28.9 Å². The van der Waals surface area contributed by atoms with Gasteiger partial charge in [0, 0.05) is 17.7 Å². The number of amidine groups is 1. The zero-order chi connectivity index (χ0) is 15.4. The molecule has 0 radical (unpaired) electrons. The number of nitrogens with zero attached hydrogens (tertiary/aromatic N) is 1. The molecule has 0 unspecified atom stereocenters. The van der Waals surface area contributed by atoms with Crippen LogP contribution in [-0.4, -0.2) is 17.0 Å². The Hall–Kier alpha value is -2.12. The molecule has 0 saturated heterocycles. The Morgan fingerprint density at radius 3 is 2.81 bits per heavy atom. The van der Waals surface area contributed by atoms with Crippen molar-refractivity contribution >= 4 is 34.7 Å². The van der Waals surface area contributed by atoms with E-state index in [4.69, 9.17) is 22.5 Å². The molecule has 0 saturated carbocycles. The van der Waals surface area contributed by atoms with Crippen LogP contribution < -0.4 is 11.1 Å². The molecule has 110 valence electrons. The van der Waals surface area contributed by atoms with Gasteiger partial charge in [0.05, 0.1) is 5.02 Å². The molecule has 1 heterocycles. The largest absolute Gasteiger partial charge is 0.409 e. The van der Waals surface area contributed by atoms with E-state index in [1.54, 1.807) is 11.4 Å². The monoisotopic (exact) mass is 327 g/mol. The fourth-order valence-corrected chi connectivity index (χ4v) is 2.68. The van der Waals surface area contributed by atoms with Crippen LogP contribution in [0, 0.1) is 5.82 Å². The highest BCUT2D eigenvalue weighted by Crippen LogP contribution is 2.21. The summed E-state index contributed by atoms with van der Waals surface area (Å²) in [4.78, 5) is 12.2. The lowest BCUT2D eigenvalue weighted by Crippen LogP contribution is -2.23. The van der Waals surface area contributed by atoms with Crippen LogP contribution in [0.2, 0.25) is 5.02 Å². The van der Waals surface area contributed by atoms with Crippen molar-refractivity contribution in [2.24, 2.45) is 10.9 Å². The molecule has 1 amide bonds. The molecule has 0 bridgehead atoms. The predicted molar refractivity (Wildman–Crippen MR) is 79.4 cm³/mol. The molecule has 1 aromatic carbocycles. The molecule has 5 nitrogen and oxygen atoms in total. The lowest BCUT2D eigenvalue weighted by atomic mass is 10.1. The Morgan fingerprint density at radius 2 is 2.24 bits per heavy atom. The fraction of sp³-hybridized carbons (Fsp3) is 0.0769. The van der Waals surface area contributed by atoms with Crippen LogP contribution >= 0.6 is 22.9 Å². The summed E-state index contributed by atoms with van der Waals surface area (Å²) < 4.78 is 13.9. The molecule has 4 N–H and O–H groups in total. The molecule has 0 fully saturated rings. The number of carbonyl (C=O) groups excluding carboxylic acids is 1. The first-order valence-electron chi connectivity index (χ1n) is 5.80. The number of hydrogen-bond acceptors (Lipinski definition) is 4. The average Bonchev–Trinajstić information content (AvgIpc) is 2.91. The van der Waals surface area contributed by atoms with Crippen molar-refractivity contribution < 1.29 is 14.4 Å². The first-order chi connectivity index (χ1) is 10.0. The number of nitrogens with two attached hydrogens (primary N) is 1. The zero-order valence-corrected chi connectivity index (χ0v) is 12.2. The van der Waals surface area contributed by atoms with Crippen molar-refractivity contribution in [2.75, 3.05) is 0 Å². The van der Waals surface area contributed by atoms with Crippen molar-refractivity contribution in [2.45, 2.75) is 6.54 Å². The summed E-state index contributed by atoms with van der Waals surface area (Å²) in [6.07, 6.45) is 0. The van der Waals surface area contributed by atoms with Crippen LogP contribution in [0.15, 0.2) is 34.8 Å². The quantitative estimate of drug-likeness (QED) is 0.349. The van der Waals surface area contributed by atoms with Crippen LogP contribution in [0.3, 0.4) is 0 Å². The molecule has 2 rings (SSSR count). The SMILES string of the molecule is N/C(=N/O)c1ccc(CNC(=O)c2sccc2Cl)c(F)c1. The fourth-order valence-electron chi connectivity index (χ4n) is 1.62. The summed E-state index contributed by atoms with van der Waals surface area (Å²) in [7, 11) is 0. The van der Waals surface area contributed by atoms with Crippen molar-refractivity contribution in [1.29, 1.82) is 0 Å². The molecule has 0 aliphatic heterocycles. The van der Waals surface area contributed by atoms with Gasteiger partial charge in [-0.3, -0.25) is 4.79 Å². The lowest BCUT2D eigenvalue weighted by Gasteiger charge is -2.07. The van der Waals surface area contributed by atoms with Crippen LogP contribution in [-0.2, 0) is 6.54 Å². The summed E-state index contributed by atoms with van der Waals surface area (Å²) in [5, 5.41) is 16.0. The van der Waals surface area contributed by atoms with Crippen molar-refractivity contribution in [1.82, 2.24) is 5.32 Å². The number of benzene rings is 1. The summed E-state index contributed by atoms with van der Waals surface area (Å²) in [5.41, 5.74) is 5.91. The minimum Gasteiger partial charge on any atom is -0.409 e. The van der Waals surface area contributed by atoms with E-state index >= 15 is 0 Å². The summed E-state index contributed by atoms with van der Waals surface area (Å²) in [6.45, 7) is 0.00927. The number of thiophene rings is 1. The van der Waals surface area contributed by atoms with Crippen molar-refractivity contribution in [3.05, 3.63) is 56.5 Å². The number of oxime groups is 1. The molecule has 0 spiro atoms. The Morgan fingerprint density at radius 1 is 1.48 bits per heavy atom. The van der Waals surface area contributed by atoms with Gasteiger partial charge in [-0.25, -0.2) is 4.39 Å². The van der Waals surface area contributed by atoms with Gasteiger partial charge >= 0.3 is 0 Å². The van der Waals surface area contributed by atoms with E-state index in [1.165, 1.54) is 23.5 Å². The second-order valence-corrected chi connectivity index (χ2v) is 5.40. The summed E-state index contributed by atoms with van der Waals surface area (Å²) in [5.74, 6) is -1.11. The predicted octanol–water partition coefficient (Wildman–Crippen LogP) is 2.57. The standard InChI is InChI=1S/C13H11ClFN3O2S/c14-9-3-4-21-11(9)13(19)17-6-8-2-1-7(5-10(8)15)12(16)18-20/h1-5,20H,6H2,(H2,16,18)(H,17,19). The maximum absolute atomic E-state index is 13.9. The molecule has 0 aliphatic carbocycles. The van der Waals surface area contributed by atoms with Gasteiger partial charge in [0.25, 0.3) is 5.91 Å². The minimum absolute atomic E-state index is 0.00927. The number of rotatable bonds is 4. The van der Waals surface area contributed by atoms with E-state index in [0.29, 0.717) is 9.90 Å². The molecule has 0 atom stereocenters. The zero-order valence-electron chi connectivity index (χ0n) is 10.6. The minimum atomic E-state index is -0.559. The van der Waals surface area contributed by atoms with Gasteiger partial charge < -0.3 is 16.3 Å². The maximum Gasteiger partial charge on any atom is 0.263 e. The first kappa shape index (κ1) is 15.3. The van der Waals surface area contributed by atoms with Crippen LogP contribution in [0.4, 0.5) is 4.39 Å². The van der Waals surface area contributed by atoms with E-state index in [0.717, 1.165) is 6.07 Å². The third kappa shape index (κ3) is 3.50. The van der Waals surface area contributed by atoms with E-state index in [-0.39, 0.29) is 29.4 Å². The topological polar surface area (TPSA) is 87.7 Å². The first-order valence-corrected chi connectivity index (χ1v) is 7.06. The van der Waals surface area contributed by atoms with Crippen LogP contribution in [0.5, 0.6) is 0 Å². The van der Waals surface area contributed by atoms with Gasteiger partial charge in [-0.2, -0.15) is 0 Å². The van der Waals surface area contributed by atoms with Crippen LogP contribution in [0.1, 0.15) is 20.8 Å². The maximum atomic E-state index is 13.9. The number of hydrogen-bond donors (Lipinski definition) is 3. The molecule has 1 aromatic heterocycles. The third-order valence-corrected chi connectivity index (χ3v) is 4.06. The Bertz CT molecular complexity index is 702. The van der Waals surface area contributed by atoms with Gasteiger partial charge in [0.15, 0.2) is 5.84 Å². The summed E-state index contributed by atoms with van der Waals surface area (Å²) in [6, 6.07) is 5.71. The number of halogens is 2. The van der Waals surface area contributed by atoms with Gasteiger partial charge in [0.2, 0.25) is 0 Å². The second-order valence-electron chi connectivity index (χ2n) is 4.07. The van der Waals surface area contributed by atoms with Gasteiger partial charge in [-0.05, 0) is 17.5 Å². The molecule has 8 heteroatoms. The summed E-state index contributed by atoms with van der Waals surface area (Å²) >= 11 is 7.05. The smallest absolute Gasteiger partial charge is 0.263 e. The Labute approximate surface area is 128 Å². The highest BCUT2D eigenvalue weighted by atomic mass is 35.5.